The van der Waals surface area contributed by atoms with E-state index >= 15 is 0 Å². The number of nitrogens with zero attached hydrogens (tertiary/aromatic N) is 2. The van der Waals surface area contributed by atoms with Crippen LogP contribution in [0.2, 0.25) is 0 Å². The first-order valence-electron chi connectivity index (χ1n) is 7.86. The Kier molecular flexibility index (Phi) is 7.24. The fraction of sp³-hybridized carbons (Fsp3) is 0.812. The summed E-state index contributed by atoms with van der Waals surface area (Å²) < 4.78 is 7.75. The van der Waals surface area contributed by atoms with Gasteiger partial charge in [0.2, 0.25) is 0 Å². The van der Waals surface area contributed by atoms with Gasteiger partial charge >= 0.3 is 0 Å². The number of aryl methyl sites for hydroxylation is 1. The van der Waals surface area contributed by atoms with E-state index in [1.54, 1.807) is 0 Å². The number of hydrogen-bond donors (Lipinski definition) is 1. The Balaban J connectivity index is 2.70. The molecular formula is C16H31N3O. The van der Waals surface area contributed by atoms with Crippen LogP contribution in [0.4, 0.5) is 0 Å². The van der Waals surface area contributed by atoms with Gasteiger partial charge in [0, 0.05) is 23.9 Å². The highest BCUT2D eigenvalue weighted by Gasteiger charge is 2.18. The molecule has 0 aliphatic rings. The summed E-state index contributed by atoms with van der Waals surface area (Å²) in [6, 6.07) is 0.408. The number of hydrogen-bond acceptors (Lipinski definition) is 3. The van der Waals surface area contributed by atoms with Crippen LogP contribution in [0.3, 0.4) is 0 Å². The number of ether oxygens (including phenoxy) is 1. The molecule has 4 nitrogen and oxygen atoms in total. The van der Waals surface area contributed by atoms with Gasteiger partial charge in [-0.15, -0.1) is 0 Å². The summed E-state index contributed by atoms with van der Waals surface area (Å²) in [5.74, 6) is 0.587. The fourth-order valence-electron chi connectivity index (χ4n) is 2.60. The maximum atomic E-state index is 5.66. The lowest BCUT2D eigenvalue weighted by Gasteiger charge is -2.17. The molecule has 1 aromatic heterocycles. The van der Waals surface area contributed by atoms with Crippen molar-refractivity contribution in [3.05, 3.63) is 17.0 Å². The van der Waals surface area contributed by atoms with E-state index in [9.17, 15) is 0 Å². The van der Waals surface area contributed by atoms with Crippen LogP contribution in [0.1, 0.15) is 57.1 Å². The zero-order chi connectivity index (χ0) is 15.1. The molecule has 116 valence electrons. The molecule has 1 aromatic rings. The molecule has 1 heterocycles. The minimum atomic E-state index is 0.408. The van der Waals surface area contributed by atoms with Crippen LogP contribution >= 0.6 is 0 Å². The molecular weight excluding hydrogens is 250 g/mol. The summed E-state index contributed by atoms with van der Waals surface area (Å²) in [6.07, 6.45) is 1.09. The maximum absolute atomic E-state index is 5.66. The lowest BCUT2D eigenvalue weighted by Crippen LogP contribution is -2.21. The standard InChI is InChI=1S/C16H31N3O/c1-7-15(17-8-2)16-13(5)18-19(14(16)6)9-10-20-11-12(3)4/h12,15,17H,7-11H2,1-6H3. The first kappa shape index (κ1) is 17.2. The summed E-state index contributed by atoms with van der Waals surface area (Å²) in [5, 5.41) is 8.22. The number of nitrogens with one attached hydrogen (secondary N) is 1. The van der Waals surface area contributed by atoms with Crippen LogP contribution in [0.25, 0.3) is 0 Å². The minimum absolute atomic E-state index is 0.408. The van der Waals surface area contributed by atoms with E-state index in [0.29, 0.717) is 12.0 Å². The molecule has 0 aliphatic carbocycles. The first-order valence-corrected chi connectivity index (χ1v) is 7.86. The van der Waals surface area contributed by atoms with Crippen molar-refractivity contribution in [3.8, 4) is 0 Å². The topological polar surface area (TPSA) is 39.1 Å². The average Bonchev–Trinajstić information content (AvgIpc) is 2.67. The molecule has 1 atom stereocenters. The monoisotopic (exact) mass is 281 g/mol. The van der Waals surface area contributed by atoms with Gasteiger partial charge in [-0.05, 0) is 32.7 Å². The molecule has 1 rings (SSSR count). The van der Waals surface area contributed by atoms with Gasteiger partial charge in [0.05, 0.1) is 18.8 Å². The van der Waals surface area contributed by atoms with Gasteiger partial charge in [0.1, 0.15) is 0 Å². The molecule has 0 aliphatic heterocycles. The van der Waals surface area contributed by atoms with E-state index in [1.165, 1.54) is 11.3 Å². The quantitative estimate of drug-likeness (QED) is 0.706. The third kappa shape index (κ3) is 4.60. The Labute approximate surface area is 123 Å². The van der Waals surface area contributed by atoms with Gasteiger partial charge in [-0.3, -0.25) is 4.68 Å². The summed E-state index contributed by atoms with van der Waals surface area (Å²) in [7, 11) is 0. The molecule has 1 N–H and O–H groups in total. The van der Waals surface area contributed by atoms with Gasteiger partial charge in [0.25, 0.3) is 0 Å². The Bertz CT molecular complexity index is 399. The maximum Gasteiger partial charge on any atom is 0.0662 e. The Morgan fingerprint density at radius 3 is 2.50 bits per heavy atom. The third-order valence-corrected chi connectivity index (χ3v) is 3.54. The summed E-state index contributed by atoms with van der Waals surface area (Å²) in [6.45, 7) is 16.4. The second-order valence-corrected chi connectivity index (χ2v) is 5.79. The fourth-order valence-corrected chi connectivity index (χ4v) is 2.60. The zero-order valence-electron chi connectivity index (χ0n) is 14.0. The highest BCUT2D eigenvalue weighted by atomic mass is 16.5. The van der Waals surface area contributed by atoms with E-state index < -0.39 is 0 Å². The van der Waals surface area contributed by atoms with Crippen LogP contribution in [-0.2, 0) is 11.3 Å². The third-order valence-electron chi connectivity index (χ3n) is 3.54. The molecule has 0 radical (unpaired) electrons. The minimum Gasteiger partial charge on any atom is -0.379 e. The van der Waals surface area contributed by atoms with Gasteiger partial charge in [0.15, 0.2) is 0 Å². The largest absolute Gasteiger partial charge is 0.379 e. The van der Waals surface area contributed by atoms with Crippen molar-refractivity contribution in [3.63, 3.8) is 0 Å². The second kappa shape index (κ2) is 8.42. The predicted octanol–water partition coefficient (Wildman–Crippen LogP) is 3.23. The summed E-state index contributed by atoms with van der Waals surface area (Å²) in [4.78, 5) is 0. The van der Waals surface area contributed by atoms with Crippen molar-refractivity contribution in [1.82, 2.24) is 15.1 Å². The van der Waals surface area contributed by atoms with Crippen LogP contribution in [-0.4, -0.2) is 29.5 Å². The van der Waals surface area contributed by atoms with Crippen LogP contribution in [0.5, 0.6) is 0 Å². The van der Waals surface area contributed by atoms with E-state index in [0.717, 1.165) is 38.4 Å². The van der Waals surface area contributed by atoms with Gasteiger partial charge in [-0.1, -0.05) is 27.7 Å². The van der Waals surface area contributed by atoms with E-state index in [2.05, 4.69) is 56.6 Å². The van der Waals surface area contributed by atoms with Crippen LogP contribution in [0, 0.1) is 19.8 Å². The van der Waals surface area contributed by atoms with E-state index in [4.69, 9.17) is 4.74 Å². The normalized spacial score (nSPS) is 13.2. The Morgan fingerprint density at radius 1 is 1.25 bits per heavy atom. The van der Waals surface area contributed by atoms with Gasteiger partial charge in [-0.25, -0.2) is 0 Å². The molecule has 0 saturated heterocycles. The SMILES string of the molecule is CCNC(CC)c1c(C)nn(CCOCC(C)C)c1C. The molecule has 1 unspecified atom stereocenters. The summed E-state index contributed by atoms with van der Waals surface area (Å²) >= 11 is 0. The van der Waals surface area contributed by atoms with Crippen molar-refractivity contribution in [2.45, 2.75) is 60.5 Å². The van der Waals surface area contributed by atoms with Gasteiger partial charge in [-0.2, -0.15) is 5.10 Å². The van der Waals surface area contributed by atoms with Crippen molar-refractivity contribution < 1.29 is 4.74 Å². The highest BCUT2D eigenvalue weighted by Crippen LogP contribution is 2.24. The molecule has 20 heavy (non-hydrogen) atoms. The smallest absolute Gasteiger partial charge is 0.0662 e. The van der Waals surface area contributed by atoms with E-state index in [-0.39, 0.29) is 0 Å². The number of rotatable bonds is 9. The molecule has 0 bridgehead atoms. The van der Waals surface area contributed by atoms with E-state index in [1.807, 2.05) is 0 Å². The van der Waals surface area contributed by atoms with Gasteiger partial charge < -0.3 is 10.1 Å². The van der Waals surface area contributed by atoms with Crippen molar-refractivity contribution in [2.24, 2.45) is 5.92 Å². The van der Waals surface area contributed by atoms with Crippen LogP contribution in [0.15, 0.2) is 0 Å². The molecule has 4 heteroatoms. The van der Waals surface area contributed by atoms with Crippen LogP contribution < -0.4 is 5.32 Å². The number of aromatic nitrogens is 2. The average molecular weight is 281 g/mol. The molecule has 0 aromatic carbocycles. The lowest BCUT2D eigenvalue weighted by atomic mass is 10.0. The Morgan fingerprint density at radius 2 is 1.95 bits per heavy atom. The first-order chi connectivity index (χ1) is 9.51. The molecule has 0 spiro atoms. The van der Waals surface area contributed by atoms with Crippen molar-refractivity contribution in [1.29, 1.82) is 0 Å². The predicted molar refractivity (Wildman–Crippen MR) is 84.1 cm³/mol. The van der Waals surface area contributed by atoms with Crippen molar-refractivity contribution in [2.75, 3.05) is 19.8 Å². The molecule has 0 saturated carbocycles. The second-order valence-electron chi connectivity index (χ2n) is 5.79. The highest BCUT2D eigenvalue weighted by molar-refractivity contribution is 5.28. The lowest BCUT2D eigenvalue weighted by molar-refractivity contribution is 0.100. The molecule has 0 fully saturated rings. The Hall–Kier alpha value is -0.870. The summed E-state index contributed by atoms with van der Waals surface area (Å²) in [5.41, 5.74) is 3.76. The van der Waals surface area contributed by atoms with Crippen molar-refractivity contribution >= 4 is 0 Å². The molecule has 0 amide bonds. The zero-order valence-corrected chi connectivity index (χ0v) is 14.0.